The van der Waals surface area contributed by atoms with Crippen molar-refractivity contribution >= 4 is 29.1 Å². The second-order valence-corrected chi connectivity index (χ2v) is 9.05. The summed E-state index contributed by atoms with van der Waals surface area (Å²) in [5.74, 6) is -0.217. The number of hydrogen-bond donors (Lipinski definition) is 1. The lowest BCUT2D eigenvalue weighted by Crippen LogP contribution is -2.30. The Hall–Kier alpha value is -2.34. The molecule has 2 aromatic carbocycles. The van der Waals surface area contributed by atoms with Gasteiger partial charge in [0.2, 0.25) is 0 Å². The number of hydrogen-bond acceptors (Lipinski definition) is 3. The van der Waals surface area contributed by atoms with Gasteiger partial charge in [-0.15, -0.1) is 0 Å². The van der Waals surface area contributed by atoms with Gasteiger partial charge in [-0.3, -0.25) is 9.69 Å². The number of nitrogens with one attached hydrogen (secondary N) is 1. The van der Waals surface area contributed by atoms with Crippen LogP contribution in [0.1, 0.15) is 52.0 Å². The Balaban J connectivity index is 1.45. The minimum absolute atomic E-state index is 0.217. The molecule has 0 atom stereocenters. The molecule has 7 heteroatoms. The predicted octanol–water partition coefficient (Wildman–Crippen LogP) is 5.46. The normalized spacial score (nSPS) is 14.5. The van der Waals surface area contributed by atoms with E-state index in [9.17, 15) is 4.79 Å². The van der Waals surface area contributed by atoms with Gasteiger partial charge in [0.05, 0.1) is 17.8 Å². The Morgan fingerprint density at radius 3 is 2.31 bits per heavy atom. The molecular formula is C25H28Cl2N4O. The number of piperidine rings is 1. The number of aryl methyl sites for hydroxylation is 1. The van der Waals surface area contributed by atoms with Crippen molar-refractivity contribution < 1.29 is 4.79 Å². The van der Waals surface area contributed by atoms with E-state index in [0.29, 0.717) is 34.5 Å². The molecule has 0 bridgehead atoms. The molecule has 0 spiro atoms. The minimum atomic E-state index is -0.217. The van der Waals surface area contributed by atoms with Crippen LogP contribution in [-0.4, -0.2) is 33.7 Å². The van der Waals surface area contributed by atoms with Crippen molar-refractivity contribution in [1.82, 2.24) is 20.0 Å². The van der Waals surface area contributed by atoms with E-state index in [1.165, 1.54) is 24.8 Å². The Bertz CT molecular complexity index is 1090. The Labute approximate surface area is 199 Å². The van der Waals surface area contributed by atoms with Crippen molar-refractivity contribution in [3.63, 3.8) is 0 Å². The third-order valence-electron chi connectivity index (χ3n) is 5.97. The molecule has 1 aromatic heterocycles. The zero-order valence-electron chi connectivity index (χ0n) is 18.3. The molecule has 0 aliphatic carbocycles. The third kappa shape index (κ3) is 5.34. The quantitative estimate of drug-likeness (QED) is 0.498. The van der Waals surface area contributed by atoms with Gasteiger partial charge in [0.25, 0.3) is 5.91 Å². The molecule has 1 aliphatic rings. The monoisotopic (exact) mass is 470 g/mol. The highest BCUT2D eigenvalue weighted by atomic mass is 35.5. The first-order valence-electron chi connectivity index (χ1n) is 11.1. The van der Waals surface area contributed by atoms with E-state index in [1.54, 1.807) is 11.6 Å². The number of aromatic nitrogens is 2. The van der Waals surface area contributed by atoms with Gasteiger partial charge >= 0.3 is 0 Å². The van der Waals surface area contributed by atoms with E-state index in [1.807, 2.05) is 30.3 Å². The average molecular weight is 471 g/mol. The molecule has 1 amide bonds. The van der Waals surface area contributed by atoms with Crippen LogP contribution in [0, 0.1) is 6.92 Å². The van der Waals surface area contributed by atoms with E-state index in [2.05, 4.69) is 33.5 Å². The van der Waals surface area contributed by atoms with Gasteiger partial charge in [-0.05, 0) is 55.6 Å². The highest BCUT2D eigenvalue weighted by Crippen LogP contribution is 2.24. The van der Waals surface area contributed by atoms with Crippen LogP contribution in [-0.2, 0) is 19.6 Å². The van der Waals surface area contributed by atoms with E-state index < -0.39 is 0 Å². The maximum absolute atomic E-state index is 13.0. The SMILES string of the molecule is Cc1nn(Cc2ccccc2Cl)c(Cl)c1C(=O)NCc1ccccc1CN1CCCCC1. The Morgan fingerprint density at radius 2 is 1.59 bits per heavy atom. The molecule has 1 saturated heterocycles. The third-order valence-corrected chi connectivity index (χ3v) is 6.72. The summed E-state index contributed by atoms with van der Waals surface area (Å²) >= 11 is 12.8. The molecule has 4 rings (SSSR count). The summed E-state index contributed by atoms with van der Waals surface area (Å²) in [7, 11) is 0. The summed E-state index contributed by atoms with van der Waals surface area (Å²) in [5, 5.41) is 8.49. The van der Waals surface area contributed by atoms with Crippen molar-refractivity contribution in [2.45, 2.75) is 45.8 Å². The van der Waals surface area contributed by atoms with Crippen molar-refractivity contribution in [3.8, 4) is 0 Å². The lowest BCUT2D eigenvalue weighted by molar-refractivity contribution is 0.0950. The molecule has 1 aliphatic heterocycles. The molecule has 5 nitrogen and oxygen atoms in total. The zero-order chi connectivity index (χ0) is 22.5. The second-order valence-electron chi connectivity index (χ2n) is 8.29. The van der Waals surface area contributed by atoms with Crippen LogP contribution < -0.4 is 5.32 Å². The van der Waals surface area contributed by atoms with E-state index in [0.717, 1.165) is 30.8 Å². The van der Waals surface area contributed by atoms with Crippen LogP contribution in [0.4, 0.5) is 0 Å². The fraction of sp³-hybridized carbons (Fsp3) is 0.360. The molecule has 168 valence electrons. The number of benzene rings is 2. The van der Waals surface area contributed by atoms with E-state index in [4.69, 9.17) is 23.2 Å². The highest BCUT2D eigenvalue weighted by Gasteiger charge is 2.21. The molecule has 0 radical (unpaired) electrons. The van der Waals surface area contributed by atoms with Crippen molar-refractivity contribution in [1.29, 1.82) is 0 Å². The number of amides is 1. The van der Waals surface area contributed by atoms with Gasteiger partial charge in [-0.1, -0.05) is 72.1 Å². The molecular weight excluding hydrogens is 443 g/mol. The summed E-state index contributed by atoms with van der Waals surface area (Å²) in [4.78, 5) is 15.5. The first-order chi connectivity index (χ1) is 15.5. The molecule has 32 heavy (non-hydrogen) atoms. The second kappa shape index (κ2) is 10.5. The van der Waals surface area contributed by atoms with Crippen LogP contribution in [0.5, 0.6) is 0 Å². The summed E-state index contributed by atoms with van der Waals surface area (Å²) in [6, 6.07) is 15.9. The zero-order valence-corrected chi connectivity index (χ0v) is 19.8. The molecule has 0 saturated carbocycles. The number of rotatable bonds is 7. The minimum Gasteiger partial charge on any atom is -0.348 e. The van der Waals surface area contributed by atoms with Crippen LogP contribution >= 0.6 is 23.2 Å². The number of likely N-dealkylation sites (tertiary alicyclic amines) is 1. The lowest BCUT2D eigenvalue weighted by atomic mass is 10.0. The van der Waals surface area contributed by atoms with Gasteiger partial charge in [-0.2, -0.15) is 5.10 Å². The van der Waals surface area contributed by atoms with Crippen LogP contribution in [0.25, 0.3) is 0 Å². The lowest BCUT2D eigenvalue weighted by Gasteiger charge is -2.27. The van der Waals surface area contributed by atoms with Crippen LogP contribution in [0.2, 0.25) is 10.2 Å². The van der Waals surface area contributed by atoms with Gasteiger partial charge in [0.15, 0.2) is 0 Å². The van der Waals surface area contributed by atoms with Gasteiger partial charge in [0, 0.05) is 18.1 Å². The summed E-state index contributed by atoms with van der Waals surface area (Å²) in [6.07, 6.45) is 3.84. The largest absolute Gasteiger partial charge is 0.348 e. The number of carbonyl (C=O) groups is 1. The maximum atomic E-state index is 13.0. The van der Waals surface area contributed by atoms with Gasteiger partial charge in [-0.25, -0.2) is 4.68 Å². The van der Waals surface area contributed by atoms with E-state index >= 15 is 0 Å². The van der Waals surface area contributed by atoms with Crippen LogP contribution in [0.3, 0.4) is 0 Å². The molecule has 0 unspecified atom stereocenters. The highest BCUT2D eigenvalue weighted by molar-refractivity contribution is 6.33. The number of carbonyl (C=O) groups excluding carboxylic acids is 1. The standard InChI is InChI=1S/C25H28Cl2N4O/c1-18-23(24(27)31(29-18)17-21-11-5-6-12-22(21)26)25(32)28-15-19-9-3-4-10-20(19)16-30-13-7-2-8-14-30/h3-6,9-12H,2,7-8,13-17H2,1H3,(H,28,32). The fourth-order valence-electron chi connectivity index (χ4n) is 4.21. The smallest absolute Gasteiger partial charge is 0.256 e. The maximum Gasteiger partial charge on any atom is 0.256 e. The van der Waals surface area contributed by atoms with Crippen molar-refractivity contribution in [3.05, 3.63) is 86.7 Å². The van der Waals surface area contributed by atoms with Crippen LogP contribution in [0.15, 0.2) is 48.5 Å². The first-order valence-corrected chi connectivity index (χ1v) is 11.8. The van der Waals surface area contributed by atoms with E-state index in [-0.39, 0.29) is 5.91 Å². The first kappa shape index (κ1) is 22.8. The summed E-state index contributed by atoms with van der Waals surface area (Å²) < 4.78 is 1.62. The van der Waals surface area contributed by atoms with Crippen molar-refractivity contribution in [2.24, 2.45) is 0 Å². The molecule has 3 aromatic rings. The topological polar surface area (TPSA) is 50.2 Å². The molecule has 2 heterocycles. The molecule has 1 fully saturated rings. The number of nitrogens with zero attached hydrogens (tertiary/aromatic N) is 3. The van der Waals surface area contributed by atoms with Gasteiger partial charge < -0.3 is 5.32 Å². The number of halogens is 2. The van der Waals surface area contributed by atoms with Gasteiger partial charge in [0.1, 0.15) is 5.15 Å². The fourth-order valence-corrected chi connectivity index (χ4v) is 4.73. The Kier molecular flexibility index (Phi) is 7.51. The summed E-state index contributed by atoms with van der Waals surface area (Å²) in [5.41, 5.74) is 4.29. The Morgan fingerprint density at radius 1 is 0.938 bits per heavy atom. The summed E-state index contributed by atoms with van der Waals surface area (Å²) in [6.45, 7) is 5.86. The molecule has 1 N–H and O–H groups in total. The average Bonchev–Trinajstić information content (AvgIpc) is 3.08. The predicted molar refractivity (Wildman–Crippen MR) is 129 cm³/mol. The van der Waals surface area contributed by atoms with Crippen molar-refractivity contribution in [2.75, 3.05) is 13.1 Å².